The van der Waals surface area contributed by atoms with Crippen LogP contribution in [-0.4, -0.2) is 35.0 Å². The third-order valence-electron chi connectivity index (χ3n) is 4.39. The van der Waals surface area contributed by atoms with Crippen LogP contribution in [0.2, 0.25) is 0 Å². The van der Waals surface area contributed by atoms with Crippen LogP contribution in [0.3, 0.4) is 0 Å². The van der Waals surface area contributed by atoms with Crippen molar-refractivity contribution >= 4 is 46.2 Å². The van der Waals surface area contributed by atoms with Crippen LogP contribution < -0.4 is 10.1 Å². The van der Waals surface area contributed by atoms with E-state index < -0.39 is 0 Å². The van der Waals surface area contributed by atoms with Gasteiger partial charge < -0.3 is 10.1 Å². The molecule has 0 aliphatic carbocycles. The first-order chi connectivity index (χ1) is 15.1. The molecule has 0 atom stereocenters. The number of hydrogen-bond acceptors (Lipinski definition) is 6. The minimum atomic E-state index is -0.337. The molecule has 8 heteroatoms. The van der Waals surface area contributed by atoms with Gasteiger partial charge in [-0.05, 0) is 59.6 Å². The van der Waals surface area contributed by atoms with Crippen molar-refractivity contribution in [3.8, 4) is 11.5 Å². The number of nitrogens with one attached hydrogen (secondary N) is 1. The van der Waals surface area contributed by atoms with Gasteiger partial charge in [-0.25, -0.2) is 0 Å². The van der Waals surface area contributed by atoms with Crippen LogP contribution in [0.5, 0.6) is 11.5 Å². The van der Waals surface area contributed by atoms with Gasteiger partial charge in [-0.15, -0.1) is 11.3 Å². The molecule has 2 aromatic carbocycles. The highest BCUT2D eigenvalue weighted by atomic mass is 32.2. The normalized spacial score (nSPS) is 14.8. The van der Waals surface area contributed by atoms with Crippen molar-refractivity contribution in [3.63, 3.8) is 0 Å². The van der Waals surface area contributed by atoms with Crippen molar-refractivity contribution in [2.45, 2.75) is 0 Å². The summed E-state index contributed by atoms with van der Waals surface area (Å²) in [5, 5.41) is 4.33. The Bertz CT molecular complexity index is 1130. The van der Waals surface area contributed by atoms with Gasteiger partial charge in [-0.1, -0.05) is 30.3 Å². The molecule has 0 saturated carbocycles. The van der Waals surface area contributed by atoms with Gasteiger partial charge in [-0.3, -0.25) is 19.3 Å². The third kappa shape index (κ3) is 5.22. The number of carbonyl (C=O) groups excluding carboxylic acids is 3. The number of hydrogen-bond donors (Lipinski definition) is 1. The van der Waals surface area contributed by atoms with Crippen LogP contribution in [0.15, 0.2) is 77.0 Å². The molecule has 31 heavy (non-hydrogen) atoms. The molecule has 0 radical (unpaired) electrons. The summed E-state index contributed by atoms with van der Waals surface area (Å²) in [5.74, 6) is 0.578. The molecule has 0 bridgehead atoms. The van der Waals surface area contributed by atoms with E-state index in [0.717, 1.165) is 21.5 Å². The second kappa shape index (κ2) is 9.63. The van der Waals surface area contributed by atoms with Crippen molar-refractivity contribution in [3.05, 3.63) is 87.5 Å². The number of rotatable bonds is 7. The summed E-state index contributed by atoms with van der Waals surface area (Å²) in [6, 6.07) is 19.9. The average Bonchev–Trinajstić information content (AvgIpc) is 3.38. The van der Waals surface area contributed by atoms with Crippen LogP contribution in [0.4, 0.5) is 4.79 Å². The molecule has 0 spiro atoms. The van der Waals surface area contributed by atoms with E-state index >= 15 is 0 Å². The van der Waals surface area contributed by atoms with Gasteiger partial charge in [0.15, 0.2) is 0 Å². The molecule has 1 fully saturated rings. The maximum atomic E-state index is 12.5. The Balaban J connectivity index is 1.33. The first kappa shape index (κ1) is 20.9. The molecule has 1 aromatic heterocycles. The van der Waals surface area contributed by atoms with Crippen LogP contribution in [0, 0.1) is 0 Å². The molecule has 6 nitrogen and oxygen atoms in total. The lowest BCUT2D eigenvalue weighted by molar-refractivity contribution is -0.122. The van der Waals surface area contributed by atoms with E-state index in [1.165, 1.54) is 11.3 Å². The number of benzene rings is 2. The second-order valence-electron chi connectivity index (χ2n) is 6.55. The quantitative estimate of drug-likeness (QED) is 0.512. The zero-order valence-corrected chi connectivity index (χ0v) is 17.9. The van der Waals surface area contributed by atoms with Crippen LogP contribution >= 0.6 is 23.1 Å². The number of carbonyl (C=O) groups is 3. The van der Waals surface area contributed by atoms with Crippen LogP contribution in [-0.2, 0) is 4.79 Å². The van der Waals surface area contributed by atoms with Gasteiger partial charge >= 0.3 is 0 Å². The Morgan fingerprint density at radius 3 is 2.58 bits per heavy atom. The largest absolute Gasteiger partial charge is 0.457 e. The zero-order valence-electron chi connectivity index (χ0n) is 16.3. The fourth-order valence-corrected chi connectivity index (χ4v) is 4.49. The highest BCUT2D eigenvalue weighted by Crippen LogP contribution is 2.32. The first-order valence-electron chi connectivity index (χ1n) is 9.50. The fraction of sp³-hybridized carbons (Fsp3) is 0.0870. The second-order valence-corrected chi connectivity index (χ2v) is 8.52. The van der Waals surface area contributed by atoms with E-state index in [1.807, 2.05) is 47.8 Å². The topological polar surface area (TPSA) is 75.7 Å². The van der Waals surface area contributed by atoms with Gasteiger partial charge in [0.05, 0.1) is 4.91 Å². The van der Waals surface area contributed by atoms with Gasteiger partial charge in [0.2, 0.25) is 0 Å². The summed E-state index contributed by atoms with van der Waals surface area (Å²) >= 11 is 2.41. The molecule has 1 saturated heterocycles. The maximum absolute atomic E-state index is 12.5. The molecule has 3 amide bonds. The number of nitrogens with zero attached hydrogens (tertiary/aromatic N) is 1. The smallest absolute Gasteiger partial charge is 0.293 e. The Kier molecular flexibility index (Phi) is 6.49. The van der Waals surface area contributed by atoms with Crippen molar-refractivity contribution in [1.29, 1.82) is 0 Å². The summed E-state index contributed by atoms with van der Waals surface area (Å²) in [5.41, 5.74) is 0.431. The average molecular weight is 451 g/mol. The van der Waals surface area contributed by atoms with Gasteiger partial charge in [0, 0.05) is 23.5 Å². The molecule has 1 N–H and O–H groups in total. The Hall–Kier alpha value is -3.36. The van der Waals surface area contributed by atoms with Crippen LogP contribution in [0.25, 0.3) is 6.08 Å². The van der Waals surface area contributed by atoms with Crippen molar-refractivity contribution in [2.75, 3.05) is 13.1 Å². The highest BCUT2D eigenvalue weighted by Gasteiger charge is 2.34. The van der Waals surface area contributed by atoms with Crippen molar-refractivity contribution in [1.82, 2.24) is 10.2 Å². The summed E-state index contributed by atoms with van der Waals surface area (Å²) in [7, 11) is 0. The molecule has 3 aromatic rings. The summed E-state index contributed by atoms with van der Waals surface area (Å²) in [4.78, 5) is 39.6. The lowest BCUT2D eigenvalue weighted by atomic mass is 10.2. The molecule has 2 heterocycles. The van der Waals surface area contributed by atoms with Crippen LogP contribution in [0.1, 0.15) is 15.2 Å². The van der Waals surface area contributed by atoms with Gasteiger partial charge in [0.25, 0.3) is 17.1 Å². The number of thiophene rings is 1. The summed E-state index contributed by atoms with van der Waals surface area (Å²) in [6.45, 7) is 0.269. The fourth-order valence-electron chi connectivity index (χ4n) is 2.90. The number of imide groups is 1. The monoisotopic (exact) mass is 450 g/mol. The SMILES string of the molecule is O=C(NCCN1C(=O)S/C(=C\c2cccs2)C1=O)c1cccc(Oc2ccccc2)c1. The molecule has 4 rings (SSSR count). The Morgan fingerprint density at radius 2 is 1.81 bits per heavy atom. The molecule has 1 aliphatic rings. The van der Waals surface area contributed by atoms with E-state index in [0.29, 0.717) is 22.0 Å². The van der Waals surface area contributed by atoms with E-state index in [1.54, 1.807) is 30.3 Å². The molecule has 0 unspecified atom stereocenters. The Labute approximate surface area is 187 Å². The number of ether oxygens (including phenoxy) is 1. The summed E-state index contributed by atoms with van der Waals surface area (Å²) in [6.07, 6.45) is 1.71. The number of amides is 3. The first-order valence-corrected chi connectivity index (χ1v) is 11.2. The lowest BCUT2D eigenvalue weighted by Crippen LogP contribution is -2.37. The van der Waals surface area contributed by atoms with Gasteiger partial charge in [-0.2, -0.15) is 0 Å². The van der Waals surface area contributed by atoms with Gasteiger partial charge in [0.1, 0.15) is 11.5 Å². The maximum Gasteiger partial charge on any atom is 0.293 e. The van der Waals surface area contributed by atoms with E-state index in [-0.39, 0.29) is 30.1 Å². The van der Waals surface area contributed by atoms with E-state index in [4.69, 9.17) is 4.74 Å². The predicted molar refractivity (Wildman–Crippen MR) is 122 cm³/mol. The highest BCUT2D eigenvalue weighted by molar-refractivity contribution is 8.18. The zero-order chi connectivity index (χ0) is 21.6. The number of para-hydroxylation sites is 1. The van der Waals surface area contributed by atoms with Crippen molar-refractivity contribution in [2.24, 2.45) is 0 Å². The molecular weight excluding hydrogens is 432 g/mol. The molecule has 156 valence electrons. The van der Waals surface area contributed by atoms with E-state index in [2.05, 4.69) is 5.32 Å². The number of thioether (sulfide) groups is 1. The third-order valence-corrected chi connectivity index (χ3v) is 6.11. The Morgan fingerprint density at radius 1 is 1.00 bits per heavy atom. The molecular formula is C23H18N2O4S2. The predicted octanol–water partition coefficient (Wildman–Crippen LogP) is 5.01. The summed E-state index contributed by atoms with van der Waals surface area (Å²) < 4.78 is 5.75. The van der Waals surface area contributed by atoms with E-state index in [9.17, 15) is 14.4 Å². The van der Waals surface area contributed by atoms with Crippen molar-refractivity contribution < 1.29 is 19.1 Å². The minimum Gasteiger partial charge on any atom is -0.457 e. The lowest BCUT2D eigenvalue weighted by Gasteiger charge is -2.13. The standard InChI is InChI=1S/C23H18N2O4S2/c26-21(16-6-4-9-18(14-16)29-17-7-2-1-3-8-17)24-11-12-25-22(27)20(31-23(25)28)15-19-10-5-13-30-19/h1-10,13-15H,11-12H2,(H,24,26)/b20-15-. The minimum absolute atomic E-state index is 0.110. The molecule has 1 aliphatic heterocycles.